The van der Waals surface area contributed by atoms with E-state index in [1.54, 1.807) is 43.3 Å². The molecule has 0 spiro atoms. The summed E-state index contributed by atoms with van der Waals surface area (Å²) in [4.78, 5) is 48.5. The van der Waals surface area contributed by atoms with Crippen molar-refractivity contribution in [1.29, 1.82) is 0 Å². The highest BCUT2D eigenvalue weighted by Crippen LogP contribution is 2.22. The Hall–Kier alpha value is -3.48. The summed E-state index contributed by atoms with van der Waals surface area (Å²) in [6.07, 6.45) is 0. The van der Waals surface area contributed by atoms with Crippen molar-refractivity contribution in [2.75, 3.05) is 17.2 Å². The van der Waals surface area contributed by atoms with Gasteiger partial charge in [0.2, 0.25) is 11.8 Å². The third-order valence-corrected chi connectivity index (χ3v) is 4.32. The number of hydrogen-bond acceptors (Lipinski definition) is 5. The van der Waals surface area contributed by atoms with Gasteiger partial charge in [-0.05, 0) is 64.1 Å². The molecule has 0 radical (unpaired) electrons. The fourth-order valence-electron chi connectivity index (χ4n) is 2.40. The minimum Gasteiger partial charge on any atom is -0.462 e. The van der Waals surface area contributed by atoms with E-state index in [0.717, 1.165) is 0 Å². The molecule has 0 bridgehead atoms. The molecule has 2 aromatic rings. The fourth-order valence-corrected chi connectivity index (χ4v) is 2.40. The van der Waals surface area contributed by atoms with Gasteiger partial charge in [0.15, 0.2) is 5.78 Å². The lowest BCUT2D eigenvalue weighted by Gasteiger charge is -2.23. The van der Waals surface area contributed by atoms with E-state index in [1.165, 1.54) is 32.9 Å². The minimum atomic E-state index is -1.38. The van der Waals surface area contributed by atoms with Crippen LogP contribution in [0.2, 0.25) is 0 Å². The topological polar surface area (TPSA) is 102 Å². The molecule has 2 rings (SSSR count). The zero-order valence-corrected chi connectivity index (χ0v) is 16.9. The molecule has 0 aromatic heterocycles. The molecule has 7 nitrogen and oxygen atoms in total. The van der Waals surface area contributed by atoms with Gasteiger partial charge in [0, 0.05) is 16.9 Å². The van der Waals surface area contributed by atoms with Crippen LogP contribution < -0.4 is 10.6 Å². The predicted octanol–water partition coefficient (Wildman–Crippen LogP) is 3.67. The van der Waals surface area contributed by atoms with E-state index in [4.69, 9.17) is 4.74 Å². The van der Waals surface area contributed by atoms with Gasteiger partial charge in [-0.1, -0.05) is 12.1 Å². The molecule has 7 heteroatoms. The van der Waals surface area contributed by atoms with E-state index in [-0.39, 0.29) is 12.4 Å². The number of Topliss-reactive ketones (excluding diaryl/α,β-unsaturated/α-hetero) is 1. The third kappa shape index (κ3) is 5.51. The number of carbonyl (C=O) groups excluding carboxylic acids is 4. The number of rotatable bonds is 7. The number of esters is 1. The first-order valence-corrected chi connectivity index (χ1v) is 9.16. The van der Waals surface area contributed by atoms with Crippen molar-refractivity contribution in [3.8, 4) is 0 Å². The normalized spacial score (nSPS) is 10.8. The van der Waals surface area contributed by atoms with Crippen LogP contribution in [0.15, 0.2) is 48.5 Å². The molecule has 0 aliphatic heterocycles. The van der Waals surface area contributed by atoms with Gasteiger partial charge in [0.1, 0.15) is 5.41 Å². The highest BCUT2D eigenvalue weighted by atomic mass is 16.5. The highest BCUT2D eigenvalue weighted by molar-refractivity contribution is 6.14. The van der Waals surface area contributed by atoms with Crippen LogP contribution in [0.3, 0.4) is 0 Å². The van der Waals surface area contributed by atoms with Crippen LogP contribution >= 0.6 is 0 Å². The van der Waals surface area contributed by atoms with Crippen LogP contribution in [-0.4, -0.2) is 30.2 Å². The molecule has 2 N–H and O–H groups in total. The first-order chi connectivity index (χ1) is 13.6. The van der Waals surface area contributed by atoms with E-state index in [0.29, 0.717) is 22.5 Å². The summed E-state index contributed by atoms with van der Waals surface area (Å²) in [6, 6.07) is 12.7. The largest absolute Gasteiger partial charge is 0.462 e. The van der Waals surface area contributed by atoms with Crippen molar-refractivity contribution in [2.45, 2.75) is 27.7 Å². The molecule has 2 amide bonds. The Labute approximate surface area is 169 Å². The van der Waals surface area contributed by atoms with Crippen LogP contribution in [0.4, 0.5) is 11.4 Å². The summed E-state index contributed by atoms with van der Waals surface area (Å²) in [5.74, 6) is -1.59. The monoisotopic (exact) mass is 396 g/mol. The third-order valence-electron chi connectivity index (χ3n) is 4.32. The van der Waals surface area contributed by atoms with Crippen molar-refractivity contribution >= 4 is 34.9 Å². The van der Waals surface area contributed by atoms with Gasteiger partial charge in [-0.15, -0.1) is 0 Å². The molecule has 152 valence electrons. The maximum atomic E-state index is 12.6. The molecule has 0 aliphatic rings. The number of amides is 2. The molecule has 0 heterocycles. The molecule has 0 fully saturated rings. The van der Waals surface area contributed by atoms with Gasteiger partial charge in [0.25, 0.3) is 0 Å². The average Bonchev–Trinajstić information content (AvgIpc) is 2.68. The molecule has 2 aromatic carbocycles. The number of ether oxygens (including phenoxy) is 1. The minimum absolute atomic E-state index is 0.121. The van der Waals surface area contributed by atoms with Crippen molar-refractivity contribution in [3.05, 3.63) is 59.7 Å². The molecule has 0 saturated heterocycles. The predicted molar refractivity (Wildman–Crippen MR) is 110 cm³/mol. The lowest BCUT2D eigenvalue weighted by Crippen LogP contribution is -2.41. The Kier molecular flexibility index (Phi) is 6.88. The number of carbonyl (C=O) groups is 4. The van der Waals surface area contributed by atoms with Gasteiger partial charge in [-0.2, -0.15) is 0 Å². The second kappa shape index (κ2) is 9.14. The van der Waals surface area contributed by atoms with Crippen LogP contribution in [0.5, 0.6) is 0 Å². The number of hydrogen-bond donors (Lipinski definition) is 2. The lowest BCUT2D eigenvalue weighted by molar-refractivity contribution is -0.135. The number of nitrogens with one attached hydrogen (secondary N) is 2. The van der Waals surface area contributed by atoms with E-state index >= 15 is 0 Å². The number of anilines is 2. The summed E-state index contributed by atoms with van der Waals surface area (Å²) >= 11 is 0. The SMILES string of the molecule is CCOC(=O)c1ccc(NC(=O)C(C)(C)C(=O)Nc2cccc(C(C)=O)c2)cc1. The summed E-state index contributed by atoms with van der Waals surface area (Å²) < 4.78 is 4.91. The van der Waals surface area contributed by atoms with Gasteiger partial charge < -0.3 is 15.4 Å². The molecule has 0 unspecified atom stereocenters. The maximum Gasteiger partial charge on any atom is 0.338 e. The van der Waals surface area contributed by atoms with Gasteiger partial charge in [0.05, 0.1) is 12.2 Å². The van der Waals surface area contributed by atoms with Crippen LogP contribution in [0.25, 0.3) is 0 Å². The highest BCUT2D eigenvalue weighted by Gasteiger charge is 2.36. The Morgan fingerprint density at radius 3 is 2.00 bits per heavy atom. The Morgan fingerprint density at radius 1 is 0.862 bits per heavy atom. The first-order valence-electron chi connectivity index (χ1n) is 9.16. The van der Waals surface area contributed by atoms with Crippen LogP contribution in [0.1, 0.15) is 48.4 Å². The summed E-state index contributed by atoms with van der Waals surface area (Å²) in [5, 5.41) is 5.34. The fraction of sp³-hybridized carbons (Fsp3) is 0.273. The molecular weight excluding hydrogens is 372 g/mol. The first kappa shape index (κ1) is 21.8. The summed E-state index contributed by atoms with van der Waals surface area (Å²) in [5.41, 5.74) is 0.329. The van der Waals surface area contributed by atoms with Crippen molar-refractivity contribution in [3.63, 3.8) is 0 Å². The molecular formula is C22H24N2O5. The molecule has 0 aliphatic carbocycles. The van der Waals surface area contributed by atoms with E-state index in [2.05, 4.69) is 10.6 Å². The van der Waals surface area contributed by atoms with Crippen molar-refractivity contribution < 1.29 is 23.9 Å². The van der Waals surface area contributed by atoms with E-state index < -0.39 is 23.2 Å². The average molecular weight is 396 g/mol. The van der Waals surface area contributed by atoms with E-state index in [9.17, 15) is 19.2 Å². The Bertz CT molecular complexity index is 932. The van der Waals surface area contributed by atoms with Crippen molar-refractivity contribution in [1.82, 2.24) is 0 Å². The molecule has 0 saturated carbocycles. The Morgan fingerprint density at radius 2 is 1.45 bits per heavy atom. The second-order valence-corrected chi connectivity index (χ2v) is 6.97. The van der Waals surface area contributed by atoms with Gasteiger partial charge in [-0.3, -0.25) is 14.4 Å². The number of ketones is 1. The van der Waals surface area contributed by atoms with Gasteiger partial charge in [-0.25, -0.2) is 4.79 Å². The zero-order chi connectivity index (χ0) is 21.6. The lowest BCUT2D eigenvalue weighted by atomic mass is 9.90. The molecule has 0 atom stereocenters. The van der Waals surface area contributed by atoms with Crippen molar-refractivity contribution in [2.24, 2.45) is 5.41 Å². The summed E-state index contributed by atoms with van der Waals surface area (Å²) in [7, 11) is 0. The smallest absolute Gasteiger partial charge is 0.338 e. The number of benzene rings is 2. The van der Waals surface area contributed by atoms with E-state index in [1.807, 2.05) is 0 Å². The standard InChI is InChI=1S/C22H24N2O5/c1-5-29-19(26)15-9-11-17(12-10-15)23-20(27)22(3,4)21(28)24-18-8-6-7-16(13-18)14(2)25/h6-13H,5H2,1-4H3,(H,23,27)(H,24,28). The summed E-state index contributed by atoms with van der Waals surface area (Å²) in [6.45, 7) is 6.43. The quantitative estimate of drug-likeness (QED) is 0.422. The van der Waals surface area contributed by atoms with Gasteiger partial charge >= 0.3 is 5.97 Å². The zero-order valence-electron chi connectivity index (χ0n) is 16.9. The van der Waals surface area contributed by atoms with Crippen LogP contribution in [-0.2, 0) is 14.3 Å². The van der Waals surface area contributed by atoms with Crippen LogP contribution in [0, 0.1) is 5.41 Å². The maximum absolute atomic E-state index is 12.6. The Balaban J connectivity index is 2.07. The second-order valence-electron chi connectivity index (χ2n) is 6.97. The molecule has 29 heavy (non-hydrogen) atoms.